The topological polar surface area (TPSA) is 83.9 Å². The predicted molar refractivity (Wildman–Crippen MR) is 94.9 cm³/mol. The number of carbonyl (C=O) groups excluding carboxylic acids is 2. The number of amides is 1. The van der Waals surface area contributed by atoms with Crippen LogP contribution in [0.15, 0.2) is 48.5 Å². The lowest BCUT2D eigenvalue weighted by Crippen LogP contribution is -2.40. The van der Waals surface area contributed by atoms with E-state index in [0.717, 1.165) is 27.2 Å². The van der Waals surface area contributed by atoms with Crippen LogP contribution in [0, 0.1) is 0 Å². The van der Waals surface area contributed by atoms with E-state index in [9.17, 15) is 14.4 Å². The molecule has 134 valence electrons. The molecule has 6 heteroatoms. The van der Waals surface area contributed by atoms with Gasteiger partial charge in [-0.05, 0) is 22.3 Å². The van der Waals surface area contributed by atoms with Crippen LogP contribution in [0.4, 0.5) is 4.79 Å². The number of carboxylic acid groups (broad SMARTS) is 1. The summed E-state index contributed by atoms with van der Waals surface area (Å²) >= 11 is 0. The predicted octanol–water partition coefficient (Wildman–Crippen LogP) is 2.91. The van der Waals surface area contributed by atoms with Crippen LogP contribution in [-0.4, -0.2) is 48.1 Å². The number of benzene rings is 2. The Kier molecular flexibility index (Phi) is 5.02. The number of rotatable bonds is 6. The van der Waals surface area contributed by atoms with Crippen LogP contribution in [-0.2, 0) is 14.3 Å². The number of aldehydes is 1. The Balaban J connectivity index is 1.74. The molecule has 0 spiro atoms. The third kappa shape index (κ3) is 3.31. The minimum absolute atomic E-state index is 0.0890. The van der Waals surface area contributed by atoms with Crippen LogP contribution in [0.3, 0.4) is 0 Å². The minimum atomic E-state index is -1.15. The average molecular weight is 353 g/mol. The number of hydrogen-bond donors (Lipinski definition) is 1. The van der Waals surface area contributed by atoms with Gasteiger partial charge in [-0.25, -0.2) is 4.79 Å². The molecule has 2 aromatic rings. The molecule has 1 atom stereocenters. The van der Waals surface area contributed by atoms with Crippen molar-refractivity contribution < 1.29 is 24.2 Å². The summed E-state index contributed by atoms with van der Waals surface area (Å²) in [6, 6.07) is 14.9. The smallest absolute Gasteiger partial charge is 0.410 e. The molecular formula is C20H19NO5. The Labute approximate surface area is 151 Å². The van der Waals surface area contributed by atoms with Crippen molar-refractivity contribution in [3.8, 4) is 11.1 Å². The average Bonchev–Trinajstić information content (AvgIpc) is 2.97. The number of likely N-dealkylation sites (N-methyl/N-ethyl adjacent to an activating group) is 1. The molecule has 1 aliphatic rings. The summed E-state index contributed by atoms with van der Waals surface area (Å²) in [6.45, 7) is 0.121. The number of aliphatic carboxylic acids is 1. The Bertz CT molecular complexity index is 802. The van der Waals surface area contributed by atoms with Crippen molar-refractivity contribution >= 4 is 18.3 Å². The van der Waals surface area contributed by atoms with Crippen molar-refractivity contribution in [2.75, 3.05) is 13.7 Å². The zero-order chi connectivity index (χ0) is 18.7. The van der Waals surface area contributed by atoms with E-state index in [-0.39, 0.29) is 12.5 Å². The molecule has 0 saturated carbocycles. The molecule has 0 heterocycles. The van der Waals surface area contributed by atoms with Crippen LogP contribution in [0.2, 0.25) is 0 Å². The SMILES string of the molecule is CN(C(=O)OCC1c2ccccc2-c2ccccc21)C(C=O)CC(=O)O. The highest BCUT2D eigenvalue weighted by molar-refractivity contribution is 5.80. The summed E-state index contributed by atoms with van der Waals surface area (Å²) < 4.78 is 5.40. The van der Waals surface area contributed by atoms with Crippen molar-refractivity contribution in [1.82, 2.24) is 4.90 Å². The molecular weight excluding hydrogens is 334 g/mol. The van der Waals surface area contributed by atoms with E-state index in [1.165, 1.54) is 7.05 Å². The highest BCUT2D eigenvalue weighted by atomic mass is 16.6. The van der Waals surface area contributed by atoms with Gasteiger partial charge in [0.2, 0.25) is 0 Å². The first-order chi connectivity index (χ1) is 12.5. The summed E-state index contributed by atoms with van der Waals surface area (Å²) in [5.41, 5.74) is 4.41. The Morgan fingerprint density at radius 2 is 1.65 bits per heavy atom. The fraction of sp³-hybridized carbons (Fsp3) is 0.250. The number of hydrogen-bond acceptors (Lipinski definition) is 4. The van der Waals surface area contributed by atoms with Crippen LogP contribution in [0.5, 0.6) is 0 Å². The maximum Gasteiger partial charge on any atom is 0.410 e. The Morgan fingerprint density at radius 3 is 2.15 bits per heavy atom. The molecule has 0 aliphatic heterocycles. The minimum Gasteiger partial charge on any atom is -0.481 e. The van der Waals surface area contributed by atoms with E-state index in [2.05, 4.69) is 0 Å². The van der Waals surface area contributed by atoms with E-state index in [4.69, 9.17) is 9.84 Å². The van der Waals surface area contributed by atoms with E-state index in [1.54, 1.807) is 0 Å². The normalized spacial score (nSPS) is 13.4. The van der Waals surface area contributed by atoms with Crippen LogP contribution >= 0.6 is 0 Å². The first-order valence-electron chi connectivity index (χ1n) is 8.27. The lowest BCUT2D eigenvalue weighted by atomic mass is 9.98. The molecule has 0 radical (unpaired) electrons. The van der Waals surface area contributed by atoms with Gasteiger partial charge >= 0.3 is 12.1 Å². The van der Waals surface area contributed by atoms with Gasteiger partial charge in [0, 0.05) is 13.0 Å². The van der Waals surface area contributed by atoms with Gasteiger partial charge in [-0.15, -0.1) is 0 Å². The Morgan fingerprint density at radius 1 is 1.12 bits per heavy atom. The maximum absolute atomic E-state index is 12.3. The van der Waals surface area contributed by atoms with Gasteiger partial charge in [0.1, 0.15) is 18.9 Å². The lowest BCUT2D eigenvalue weighted by molar-refractivity contribution is -0.139. The van der Waals surface area contributed by atoms with Gasteiger partial charge in [-0.3, -0.25) is 4.79 Å². The third-order valence-electron chi connectivity index (χ3n) is 4.66. The number of carboxylic acids is 1. The summed E-state index contributed by atoms with van der Waals surface area (Å²) in [5.74, 6) is -1.24. The standard InChI is InChI=1S/C20H19NO5/c1-21(13(11-22)10-19(23)24)20(25)26-12-18-16-8-4-2-6-14(16)15-7-3-5-9-17(15)18/h2-9,11,13,18H,10,12H2,1H3,(H,23,24). The number of ether oxygens (including phenoxy) is 1. The molecule has 6 nitrogen and oxygen atoms in total. The van der Waals surface area contributed by atoms with Crippen LogP contribution in [0.1, 0.15) is 23.5 Å². The summed E-state index contributed by atoms with van der Waals surface area (Å²) in [7, 11) is 1.36. The molecule has 0 saturated heterocycles. The fourth-order valence-electron chi connectivity index (χ4n) is 3.29. The molecule has 1 unspecified atom stereocenters. The van der Waals surface area contributed by atoms with Gasteiger partial charge in [0.25, 0.3) is 0 Å². The molecule has 2 aromatic carbocycles. The zero-order valence-electron chi connectivity index (χ0n) is 14.3. The van der Waals surface area contributed by atoms with E-state index in [1.807, 2.05) is 48.5 Å². The monoisotopic (exact) mass is 353 g/mol. The van der Waals surface area contributed by atoms with Crippen LogP contribution < -0.4 is 0 Å². The lowest BCUT2D eigenvalue weighted by Gasteiger charge is -2.23. The highest BCUT2D eigenvalue weighted by Gasteiger charge is 2.30. The fourth-order valence-corrected chi connectivity index (χ4v) is 3.29. The van der Waals surface area contributed by atoms with E-state index < -0.39 is 24.5 Å². The van der Waals surface area contributed by atoms with Crippen LogP contribution in [0.25, 0.3) is 11.1 Å². The number of carbonyl (C=O) groups is 3. The second-order valence-electron chi connectivity index (χ2n) is 6.22. The first-order valence-corrected chi connectivity index (χ1v) is 8.27. The van der Waals surface area contributed by atoms with E-state index >= 15 is 0 Å². The largest absolute Gasteiger partial charge is 0.481 e. The second-order valence-corrected chi connectivity index (χ2v) is 6.22. The van der Waals surface area contributed by atoms with Gasteiger partial charge < -0.3 is 19.5 Å². The van der Waals surface area contributed by atoms with Gasteiger partial charge in [-0.1, -0.05) is 48.5 Å². The van der Waals surface area contributed by atoms with Crippen molar-refractivity contribution in [3.05, 3.63) is 59.7 Å². The number of fused-ring (bicyclic) bond motifs is 3. The molecule has 1 aliphatic carbocycles. The number of nitrogens with zero attached hydrogens (tertiary/aromatic N) is 1. The second kappa shape index (κ2) is 7.39. The van der Waals surface area contributed by atoms with Crippen molar-refractivity contribution in [2.45, 2.75) is 18.4 Å². The summed E-state index contributed by atoms with van der Waals surface area (Å²) in [6.07, 6.45) is -0.732. The first kappa shape index (κ1) is 17.7. The molecule has 1 amide bonds. The van der Waals surface area contributed by atoms with Crippen molar-refractivity contribution in [2.24, 2.45) is 0 Å². The van der Waals surface area contributed by atoms with Gasteiger partial charge in [-0.2, -0.15) is 0 Å². The summed E-state index contributed by atoms with van der Waals surface area (Å²) in [4.78, 5) is 35.1. The van der Waals surface area contributed by atoms with Gasteiger partial charge in [0.15, 0.2) is 0 Å². The third-order valence-corrected chi connectivity index (χ3v) is 4.66. The maximum atomic E-state index is 12.3. The Hall–Kier alpha value is -3.15. The quantitative estimate of drug-likeness (QED) is 0.807. The van der Waals surface area contributed by atoms with Crippen molar-refractivity contribution in [3.63, 3.8) is 0 Å². The molecule has 0 fully saturated rings. The van der Waals surface area contributed by atoms with E-state index in [0.29, 0.717) is 6.29 Å². The molecule has 3 rings (SSSR count). The molecule has 1 N–H and O–H groups in total. The van der Waals surface area contributed by atoms with Gasteiger partial charge in [0.05, 0.1) is 6.42 Å². The zero-order valence-corrected chi connectivity index (χ0v) is 14.3. The molecule has 0 bridgehead atoms. The molecule has 26 heavy (non-hydrogen) atoms. The van der Waals surface area contributed by atoms with Crippen molar-refractivity contribution in [1.29, 1.82) is 0 Å². The summed E-state index contributed by atoms with van der Waals surface area (Å²) in [5, 5.41) is 8.83. The molecule has 0 aromatic heterocycles. The highest BCUT2D eigenvalue weighted by Crippen LogP contribution is 2.44.